The van der Waals surface area contributed by atoms with E-state index in [0.29, 0.717) is 12.5 Å². The van der Waals surface area contributed by atoms with Crippen LogP contribution in [-0.4, -0.2) is 18.4 Å². The maximum atomic E-state index is 11.3. The van der Waals surface area contributed by atoms with Gasteiger partial charge in [-0.1, -0.05) is 47.0 Å². The van der Waals surface area contributed by atoms with Gasteiger partial charge >= 0.3 is 6.16 Å². The van der Waals surface area contributed by atoms with Gasteiger partial charge in [0.25, 0.3) is 0 Å². The Labute approximate surface area is 122 Å². The number of ether oxygens (including phenoxy) is 1. The van der Waals surface area contributed by atoms with Gasteiger partial charge in [-0.25, -0.2) is 9.68 Å². The van der Waals surface area contributed by atoms with Crippen molar-refractivity contribution in [2.75, 3.05) is 6.61 Å². The van der Waals surface area contributed by atoms with E-state index in [9.17, 15) is 4.79 Å². The van der Waals surface area contributed by atoms with Crippen LogP contribution in [0.15, 0.2) is 0 Å². The van der Waals surface area contributed by atoms with Crippen molar-refractivity contribution < 1.29 is 24.3 Å². The molecule has 0 N–H and O–H groups in total. The molecule has 0 aliphatic heterocycles. The third-order valence-electron chi connectivity index (χ3n) is 3.72. The molecule has 5 nitrogen and oxygen atoms in total. The lowest BCUT2D eigenvalue weighted by Gasteiger charge is -2.25. The molecule has 0 saturated carbocycles. The summed E-state index contributed by atoms with van der Waals surface area (Å²) >= 11 is 0. The van der Waals surface area contributed by atoms with Gasteiger partial charge in [0.15, 0.2) is 0 Å². The molecule has 120 valence electrons. The zero-order chi connectivity index (χ0) is 15.6. The number of hydrogen-bond donors (Lipinski definition) is 0. The molecule has 0 heterocycles. The summed E-state index contributed by atoms with van der Waals surface area (Å²) in [6.45, 7) is 12.3. The molecule has 0 rings (SSSR count). The summed E-state index contributed by atoms with van der Waals surface area (Å²) in [6, 6.07) is 0. The normalized spacial score (nSPS) is 13.3. The predicted octanol–water partition coefficient (Wildman–Crippen LogP) is 4.65. The molecule has 20 heavy (non-hydrogen) atoms. The number of rotatable bonds is 10. The van der Waals surface area contributed by atoms with Gasteiger partial charge in [0.05, 0.1) is 6.61 Å². The smallest absolute Gasteiger partial charge is 0.432 e. The molecule has 0 fully saturated rings. The maximum absolute atomic E-state index is 11.3. The van der Waals surface area contributed by atoms with Gasteiger partial charge in [-0.2, -0.15) is 4.89 Å². The first-order valence-electron chi connectivity index (χ1n) is 7.52. The lowest BCUT2D eigenvalue weighted by Crippen LogP contribution is -2.31. The van der Waals surface area contributed by atoms with Crippen LogP contribution in [0.2, 0.25) is 0 Å². The van der Waals surface area contributed by atoms with Crippen molar-refractivity contribution in [1.29, 1.82) is 0 Å². The summed E-state index contributed by atoms with van der Waals surface area (Å²) < 4.78 is 5.00. The molecule has 5 heteroatoms. The van der Waals surface area contributed by atoms with Crippen LogP contribution >= 0.6 is 0 Å². The number of carbonyl (C=O) groups is 1. The van der Waals surface area contributed by atoms with Crippen LogP contribution in [-0.2, 0) is 19.6 Å². The van der Waals surface area contributed by atoms with Crippen LogP contribution in [0.5, 0.6) is 0 Å². The molecule has 0 radical (unpaired) electrons. The summed E-state index contributed by atoms with van der Waals surface area (Å²) in [5, 5.41) is 4.49. The fraction of sp³-hybridized carbons (Fsp3) is 0.933. The minimum Gasteiger partial charge on any atom is -0.432 e. The van der Waals surface area contributed by atoms with Gasteiger partial charge in [0.1, 0.15) is 5.60 Å². The quantitative estimate of drug-likeness (QED) is 0.333. The Morgan fingerprint density at radius 3 is 2.35 bits per heavy atom. The first-order chi connectivity index (χ1) is 9.33. The molecule has 0 aromatic carbocycles. The van der Waals surface area contributed by atoms with Crippen molar-refractivity contribution in [1.82, 2.24) is 0 Å². The highest BCUT2D eigenvalue weighted by Gasteiger charge is 2.26. The Morgan fingerprint density at radius 2 is 1.85 bits per heavy atom. The third kappa shape index (κ3) is 8.38. The van der Waals surface area contributed by atoms with E-state index < -0.39 is 11.8 Å². The summed E-state index contributed by atoms with van der Waals surface area (Å²) in [7, 11) is 0. The zero-order valence-electron chi connectivity index (χ0n) is 13.7. The number of unbranched alkanes of at least 4 members (excludes halogenated alkanes) is 1. The highest BCUT2D eigenvalue weighted by molar-refractivity contribution is 5.58. The molecule has 0 bridgehead atoms. The van der Waals surface area contributed by atoms with Crippen LogP contribution in [0.3, 0.4) is 0 Å². The highest BCUT2D eigenvalue weighted by Crippen LogP contribution is 2.20. The summed E-state index contributed by atoms with van der Waals surface area (Å²) in [6.07, 6.45) is 3.45. The molecule has 0 aromatic heterocycles. The van der Waals surface area contributed by atoms with Crippen molar-refractivity contribution in [3.05, 3.63) is 0 Å². The molecular weight excluding hydrogens is 260 g/mol. The lowest BCUT2D eigenvalue weighted by molar-refractivity contribution is -0.521. The van der Waals surface area contributed by atoms with E-state index in [1.54, 1.807) is 0 Å². The Kier molecular flexibility index (Phi) is 9.59. The van der Waals surface area contributed by atoms with Gasteiger partial charge in [-0.3, -0.25) is 0 Å². The van der Waals surface area contributed by atoms with Crippen LogP contribution in [0.1, 0.15) is 67.2 Å². The first-order valence-corrected chi connectivity index (χ1v) is 7.52. The largest absolute Gasteiger partial charge is 0.542 e. The molecule has 1 atom stereocenters. The van der Waals surface area contributed by atoms with E-state index in [0.717, 1.165) is 25.7 Å². The Hall–Kier alpha value is -0.810. The number of carbonyl (C=O) groups excluding carboxylic acids is 1. The highest BCUT2D eigenvalue weighted by atomic mass is 17.5. The van der Waals surface area contributed by atoms with Gasteiger partial charge in [-0.15, -0.1) is 0 Å². The van der Waals surface area contributed by atoms with E-state index in [4.69, 9.17) is 9.62 Å². The SMILES string of the molecule is CCCCC(CC)COC(=O)OOOC(C)(C)C(C)C. The van der Waals surface area contributed by atoms with Crippen molar-refractivity contribution >= 4 is 6.16 Å². The van der Waals surface area contributed by atoms with Gasteiger partial charge < -0.3 is 4.74 Å². The molecule has 0 aromatic rings. The maximum Gasteiger partial charge on any atom is 0.542 e. The van der Waals surface area contributed by atoms with Crippen LogP contribution in [0.4, 0.5) is 4.79 Å². The van der Waals surface area contributed by atoms with Gasteiger partial charge in [0, 0.05) is 0 Å². The van der Waals surface area contributed by atoms with Crippen LogP contribution in [0, 0.1) is 11.8 Å². The zero-order valence-corrected chi connectivity index (χ0v) is 13.7. The average Bonchev–Trinajstić information content (AvgIpc) is 2.38. The summed E-state index contributed by atoms with van der Waals surface area (Å²) in [5.74, 6) is 0.594. The van der Waals surface area contributed by atoms with E-state index in [-0.39, 0.29) is 5.92 Å². The van der Waals surface area contributed by atoms with E-state index in [1.165, 1.54) is 0 Å². The van der Waals surface area contributed by atoms with Crippen molar-refractivity contribution in [3.8, 4) is 0 Å². The second-order valence-corrected chi connectivity index (χ2v) is 5.97. The molecule has 0 amide bonds. The molecule has 0 spiro atoms. The van der Waals surface area contributed by atoms with E-state index >= 15 is 0 Å². The van der Waals surface area contributed by atoms with Gasteiger partial charge in [0.2, 0.25) is 0 Å². The fourth-order valence-electron chi connectivity index (χ4n) is 1.34. The molecule has 0 aliphatic rings. The Bertz CT molecular complexity index is 263. The predicted molar refractivity (Wildman–Crippen MR) is 76.8 cm³/mol. The van der Waals surface area contributed by atoms with Crippen LogP contribution in [0.25, 0.3) is 0 Å². The number of hydrogen-bond acceptors (Lipinski definition) is 5. The van der Waals surface area contributed by atoms with E-state index in [1.807, 2.05) is 27.7 Å². The summed E-state index contributed by atoms with van der Waals surface area (Å²) in [5.41, 5.74) is -0.534. The van der Waals surface area contributed by atoms with Crippen molar-refractivity contribution in [2.24, 2.45) is 11.8 Å². The van der Waals surface area contributed by atoms with Crippen LogP contribution < -0.4 is 0 Å². The topological polar surface area (TPSA) is 54.0 Å². The lowest BCUT2D eigenvalue weighted by atomic mass is 9.95. The minimum absolute atomic E-state index is 0.223. The summed E-state index contributed by atoms with van der Waals surface area (Å²) in [4.78, 5) is 20.8. The minimum atomic E-state index is -0.862. The van der Waals surface area contributed by atoms with Gasteiger partial charge in [-0.05, 0) is 37.1 Å². The second-order valence-electron chi connectivity index (χ2n) is 5.97. The van der Waals surface area contributed by atoms with E-state index in [2.05, 4.69) is 23.8 Å². The van der Waals surface area contributed by atoms with Crippen molar-refractivity contribution in [3.63, 3.8) is 0 Å². The monoisotopic (exact) mass is 290 g/mol. The second kappa shape index (κ2) is 10.00. The Balaban J connectivity index is 3.83. The molecule has 0 aliphatic carbocycles. The fourth-order valence-corrected chi connectivity index (χ4v) is 1.34. The molecule has 0 saturated heterocycles. The first kappa shape index (κ1) is 19.2. The van der Waals surface area contributed by atoms with Crippen molar-refractivity contribution in [2.45, 2.75) is 72.8 Å². The molecular formula is C15H30O5. The Morgan fingerprint density at radius 1 is 1.20 bits per heavy atom. The standard InChI is InChI=1S/C15H30O5/c1-7-9-10-13(8-2)11-17-14(16)18-20-19-15(5,6)12(3)4/h12-13H,7-11H2,1-6H3. The molecule has 1 unspecified atom stereocenters. The average molecular weight is 290 g/mol. The third-order valence-corrected chi connectivity index (χ3v) is 3.72.